The molecule has 0 spiro atoms. The zero-order valence-corrected chi connectivity index (χ0v) is 7.66. The van der Waals surface area contributed by atoms with Gasteiger partial charge in [0.2, 0.25) is 11.7 Å². The highest BCUT2D eigenvalue weighted by Crippen LogP contribution is 2.17. The van der Waals surface area contributed by atoms with Crippen LogP contribution in [0.5, 0.6) is 0 Å². The Morgan fingerprint density at radius 2 is 2.38 bits per heavy atom. The highest BCUT2D eigenvalue weighted by atomic mass is 35.5. The Kier molecular flexibility index (Phi) is 2.77. The van der Waals surface area contributed by atoms with Gasteiger partial charge in [0, 0.05) is 0 Å². The van der Waals surface area contributed by atoms with E-state index >= 15 is 0 Å². The van der Waals surface area contributed by atoms with Gasteiger partial charge in [-0.1, -0.05) is 5.16 Å². The maximum Gasteiger partial charge on any atom is 0.241 e. The molecule has 1 aromatic rings. The summed E-state index contributed by atoms with van der Waals surface area (Å²) in [5.41, 5.74) is 0. The van der Waals surface area contributed by atoms with Crippen LogP contribution >= 0.6 is 11.6 Å². The lowest BCUT2D eigenvalue weighted by Crippen LogP contribution is -2.22. The van der Waals surface area contributed by atoms with Crippen LogP contribution in [0, 0.1) is 0 Å². The molecule has 6 heteroatoms. The first-order chi connectivity index (χ1) is 6.40. The van der Waals surface area contributed by atoms with Crippen LogP contribution in [0.2, 0.25) is 0 Å². The second-order valence-corrected chi connectivity index (χ2v) is 2.88. The second-order valence-electron chi connectivity index (χ2n) is 2.61. The topological polar surface area (TPSA) is 57.4 Å². The van der Waals surface area contributed by atoms with Crippen molar-refractivity contribution in [2.75, 3.05) is 19.8 Å². The third-order valence-corrected chi connectivity index (χ3v) is 1.93. The van der Waals surface area contributed by atoms with E-state index < -0.39 is 0 Å². The standard InChI is InChI=1S/C7H9ClN2O3/c8-3-6-9-7(10-13-6)5-4-11-1-2-12-5/h5H,1-4H2. The molecule has 2 heterocycles. The van der Waals surface area contributed by atoms with Crippen LogP contribution in [-0.2, 0) is 15.4 Å². The summed E-state index contributed by atoms with van der Waals surface area (Å²) >= 11 is 5.51. The summed E-state index contributed by atoms with van der Waals surface area (Å²) < 4.78 is 15.4. The van der Waals surface area contributed by atoms with Crippen molar-refractivity contribution >= 4 is 11.6 Å². The van der Waals surface area contributed by atoms with Crippen molar-refractivity contribution in [2.24, 2.45) is 0 Å². The van der Waals surface area contributed by atoms with Crippen LogP contribution in [0.1, 0.15) is 17.8 Å². The molecule has 1 atom stereocenters. The van der Waals surface area contributed by atoms with Crippen molar-refractivity contribution in [2.45, 2.75) is 12.0 Å². The van der Waals surface area contributed by atoms with E-state index in [2.05, 4.69) is 10.1 Å². The molecular weight excluding hydrogens is 196 g/mol. The summed E-state index contributed by atoms with van der Waals surface area (Å²) in [7, 11) is 0. The molecule has 1 saturated heterocycles. The monoisotopic (exact) mass is 204 g/mol. The van der Waals surface area contributed by atoms with Crippen LogP contribution in [0.4, 0.5) is 0 Å². The minimum absolute atomic E-state index is 0.213. The van der Waals surface area contributed by atoms with E-state index in [1.165, 1.54) is 0 Å². The number of rotatable bonds is 2. The largest absolute Gasteiger partial charge is 0.376 e. The third kappa shape index (κ3) is 1.99. The average Bonchev–Trinajstić information content (AvgIpc) is 2.67. The van der Waals surface area contributed by atoms with Gasteiger partial charge in [-0.3, -0.25) is 0 Å². The van der Waals surface area contributed by atoms with Crippen LogP contribution in [0.25, 0.3) is 0 Å². The quantitative estimate of drug-likeness (QED) is 0.670. The molecule has 0 aliphatic carbocycles. The van der Waals surface area contributed by atoms with Gasteiger partial charge in [-0.15, -0.1) is 11.6 Å². The fraction of sp³-hybridized carbons (Fsp3) is 0.714. The maximum atomic E-state index is 5.51. The van der Waals surface area contributed by atoms with Gasteiger partial charge in [-0.25, -0.2) is 0 Å². The molecule has 0 radical (unpaired) electrons. The van der Waals surface area contributed by atoms with E-state index in [9.17, 15) is 0 Å². The predicted octanol–water partition coefficient (Wildman–Crippen LogP) is 0.896. The molecule has 5 nitrogen and oxygen atoms in total. The minimum atomic E-state index is -0.213. The molecule has 0 bridgehead atoms. The van der Waals surface area contributed by atoms with E-state index in [4.69, 9.17) is 25.6 Å². The van der Waals surface area contributed by atoms with Crippen LogP contribution in [-0.4, -0.2) is 30.0 Å². The third-order valence-electron chi connectivity index (χ3n) is 1.70. The number of hydrogen-bond acceptors (Lipinski definition) is 5. The first-order valence-electron chi connectivity index (χ1n) is 3.98. The molecule has 1 aromatic heterocycles. The van der Waals surface area contributed by atoms with Crippen molar-refractivity contribution in [3.8, 4) is 0 Å². The number of halogens is 1. The SMILES string of the molecule is ClCc1nc(C2COCCO2)no1. The molecule has 0 saturated carbocycles. The van der Waals surface area contributed by atoms with Gasteiger partial charge in [0.05, 0.1) is 19.8 Å². The minimum Gasteiger partial charge on any atom is -0.376 e. The first-order valence-corrected chi connectivity index (χ1v) is 4.51. The Morgan fingerprint density at radius 3 is 3.00 bits per heavy atom. The highest BCUT2D eigenvalue weighted by molar-refractivity contribution is 6.16. The zero-order valence-electron chi connectivity index (χ0n) is 6.90. The lowest BCUT2D eigenvalue weighted by atomic mass is 10.3. The fourth-order valence-electron chi connectivity index (χ4n) is 1.09. The molecule has 0 amide bonds. The van der Waals surface area contributed by atoms with Gasteiger partial charge in [0.25, 0.3) is 0 Å². The number of nitrogens with zero attached hydrogens (tertiary/aromatic N) is 2. The van der Waals surface area contributed by atoms with Crippen molar-refractivity contribution < 1.29 is 14.0 Å². The Morgan fingerprint density at radius 1 is 1.46 bits per heavy atom. The molecular formula is C7H9ClN2O3. The van der Waals surface area contributed by atoms with Gasteiger partial charge in [0.1, 0.15) is 12.0 Å². The van der Waals surface area contributed by atoms with E-state index in [-0.39, 0.29) is 12.0 Å². The summed E-state index contributed by atoms with van der Waals surface area (Å²) in [6, 6.07) is 0. The summed E-state index contributed by atoms with van der Waals surface area (Å²) in [6.45, 7) is 1.66. The van der Waals surface area contributed by atoms with Crippen LogP contribution in [0.3, 0.4) is 0 Å². The van der Waals surface area contributed by atoms with Crippen molar-refractivity contribution in [1.29, 1.82) is 0 Å². The second kappa shape index (κ2) is 4.04. The molecule has 1 fully saturated rings. The van der Waals surface area contributed by atoms with Gasteiger partial charge in [-0.2, -0.15) is 4.98 Å². The number of ether oxygens (including phenoxy) is 2. The van der Waals surface area contributed by atoms with E-state index in [1.807, 2.05) is 0 Å². The highest BCUT2D eigenvalue weighted by Gasteiger charge is 2.21. The summed E-state index contributed by atoms with van der Waals surface area (Å²) in [4.78, 5) is 4.04. The Balaban J connectivity index is 2.05. The number of alkyl halides is 1. The molecule has 13 heavy (non-hydrogen) atoms. The van der Waals surface area contributed by atoms with E-state index in [1.54, 1.807) is 0 Å². The van der Waals surface area contributed by atoms with Gasteiger partial charge in [-0.05, 0) is 0 Å². The first kappa shape index (κ1) is 8.93. The van der Waals surface area contributed by atoms with Gasteiger partial charge >= 0.3 is 0 Å². The summed E-state index contributed by atoms with van der Waals surface area (Å²) in [5.74, 6) is 1.14. The molecule has 1 aliphatic rings. The molecule has 1 aliphatic heterocycles. The molecule has 0 N–H and O–H groups in total. The molecule has 2 rings (SSSR count). The van der Waals surface area contributed by atoms with Gasteiger partial charge in [0.15, 0.2) is 0 Å². The normalized spacial score (nSPS) is 23.3. The van der Waals surface area contributed by atoms with E-state index in [0.29, 0.717) is 31.5 Å². The van der Waals surface area contributed by atoms with Gasteiger partial charge < -0.3 is 14.0 Å². The molecule has 72 valence electrons. The summed E-state index contributed by atoms with van der Waals surface area (Å²) in [5, 5.41) is 3.74. The predicted molar refractivity (Wildman–Crippen MR) is 43.4 cm³/mol. The number of aromatic nitrogens is 2. The Hall–Kier alpha value is -0.650. The lowest BCUT2D eigenvalue weighted by Gasteiger charge is -2.19. The Labute approximate surface area is 80.0 Å². The van der Waals surface area contributed by atoms with Crippen molar-refractivity contribution in [3.63, 3.8) is 0 Å². The maximum absolute atomic E-state index is 5.51. The zero-order chi connectivity index (χ0) is 9.10. The molecule has 0 aromatic carbocycles. The molecule has 1 unspecified atom stereocenters. The Bertz CT molecular complexity index is 272. The van der Waals surface area contributed by atoms with E-state index in [0.717, 1.165) is 0 Å². The smallest absolute Gasteiger partial charge is 0.241 e. The van der Waals surface area contributed by atoms with Crippen LogP contribution < -0.4 is 0 Å². The number of hydrogen-bond donors (Lipinski definition) is 0. The van der Waals surface area contributed by atoms with Crippen LogP contribution in [0.15, 0.2) is 4.52 Å². The average molecular weight is 205 g/mol. The summed E-state index contributed by atoms with van der Waals surface area (Å²) in [6.07, 6.45) is -0.213. The fourth-order valence-corrected chi connectivity index (χ4v) is 1.20. The van der Waals surface area contributed by atoms with Crippen molar-refractivity contribution in [3.05, 3.63) is 11.7 Å². The van der Waals surface area contributed by atoms with Crippen molar-refractivity contribution in [1.82, 2.24) is 10.1 Å². The lowest BCUT2D eigenvalue weighted by molar-refractivity contribution is -0.0941.